The van der Waals surface area contributed by atoms with Crippen molar-refractivity contribution in [3.05, 3.63) is 34.4 Å². The Bertz CT molecular complexity index is 814. The van der Waals surface area contributed by atoms with Gasteiger partial charge in [-0.3, -0.25) is 4.79 Å². The Labute approximate surface area is 130 Å². The lowest BCUT2D eigenvalue weighted by molar-refractivity contribution is 0.0590. The molecule has 0 bridgehead atoms. The summed E-state index contributed by atoms with van der Waals surface area (Å²) in [6.45, 7) is 3.16. The van der Waals surface area contributed by atoms with Crippen LogP contribution in [0, 0.1) is 13.8 Å². The molecule has 1 N–H and O–H groups in total. The minimum absolute atomic E-state index is 0.132. The molecule has 0 aliphatic carbocycles. The van der Waals surface area contributed by atoms with Gasteiger partial charge in [0.05, 0.1) is 24.4 Å². The largest absolute Gasteiger partial charge is 0.469 e. The summed E-state index contributed by atoms with van der Waals surface area (Å²) in [6, 6.07) is 0. The topological polar surface area (TPSA) is 116 Å². The van der Waals surface area contributed by atoms with Crippen molar-refractivity contribution in [3.8, 4) is 0 Å². The van der Waals surface area contributed by atoms with Crippen molar-refractivity contribution in [2.75, 3.05) is 7.11 Å². The number of hydrogen-bond donors (Lipinski definition) is 1. The maximum atomic E-state index is 12.3. The van der Waals surface area contributed by atoms with E-state index in [2.05, 4.69) is 9.72 Å². The first kappa shape index (κ1) is 16.2. The van der Waals surface area contributed by atoms with Gasteiger partial charge in [0.25, 0.3) is 15.9 Å². The van der Waals surface area contributed by atoms with Crippen LogP contribution in [-0.4, -0.2) is 32.4 Å². The molecule has 2 aromatic rings. The van der Waals surface area contributed by atoms with Gasteiger partial charge in [-0.25, -0.2) is 22.9 Å². The minimum atomic E-state index is -4.25. The summed E-state index contributed by atoms with van der Waals surface area (Å²) < 4.78 is 35.6. The van der Waals surface area contributed by atoms with E-state index < -0.39 is 21.9 Å². The molecular formula is C12H12N2O6S2. The van der Waals surface area contributed by atoms with Gasteiger partial charge < -0.3 is 9.15 Å². The Kier molecular flexibility index (Phi) is 4.33. The van der Waals surface area contributed by atoms with E-state index in [1.54, 1.807) is 13.8 Å². The van der Waals surface area contributed by atoms with Crippen LogP contribution in [0.2, 0.25) is 0 Å². The number of furan rings is 1. The minimum Gasteiger partial charge on any atom is -0.469 e. The van der Waals surface area contributed by atoms with Crippen LogP contribution < -0.4 is 4.72 Å². The highest BCUT2D eigenvalue weighted by atomic mass is 32.2. The number of aryl methyl sites for hydroxylation is 2. The number of rotatable bonds is 4. The van der Waals surface area contributed by atoms with E-state index in [0.29, 0.717) is 22.7 Å². The zero-order valence-electron chi connectivity index (χ0n) is 11.9. The van der Waals surface area contributed by atoms with Crippen LogP contribution in [0.15, 0.2) is 20.4 Å². The molecule has 0 atom stereocenters. The molecule has 0 aliphatic heterocycles. The smallest absolute Gasteiger partial charge is 0.358 e. The van der Waals surface area contributed by atoms with Gasteiger partial charge in [-0.05, 0) is 13.8 Å². The van der Waals surface area contributed by atoms with Crippen LogP contribution in [-0.2, 0) is 14.8 Å². The molecule has 22 heavy (non-hydrogen) atoms. The molecule has 0 fully saturated rings. The quantitative estimate of drug-likeness (QED) is 0.830. The molecule has 0 unspecified atom stereocenters. The van der Waals surface area contributed by atoms with Crippen molar-refractivity contribution in [3.63, 3.8) is 0 Å². The molecule has 0 saturated heterocycles. The predicted molar refractivity (Wildman–Crippen MR) is 76.3 cm³/mol. The summed E-state index contributed by atoms with van der Waals surface area (Å²) in [6.07, 6.45) is 1.35. The van der Waals surface area contributed by atoms with Crippen LogP contribution in [0.3, 0.4) is 0 Å². The average Bonchev–Trinajstić information content (AvgIpc) is 3.05. The Balaban J connectivity index is 2.35. The molecule has 1 amide bonds. The summed E-state index contributed by atoms with van der Waals surface area (Å²) in [5, 5.41) is 0. The molecule has 0 aliphatic rings. The number of ether oxygens (including phenoxy) is 1. The molecule has 0 saturated carbocycles. The first-order valence-electron chi connectivity index (χ1n) is 5.91. The van der Waals surface area contributed by atoms with Crippen molar-refractivity contribution in [1.82, 2.24) is 9.71 Å². The second kappa shape index (κ2) is 5.89. The van der Waals surface area contributed by atoms with Gasteiger partial charge in [0.2, 0.25) is 0 Å². The summed E-state index contributed by atoms with van der Waals surface area (Å²) in [7, 11) is -3.14. The summed E-state index contributed by atoms with van der Waals surface area (Å²) in [5.41, 5.74) is 1.45. The Morgan fingerprint density at radius 3 is 2.59 bits per heavy atom. The number of hydrogen-bond acceptors (Lipinski definition) is 8. The third-order valence-electron chi connectivity index (χ3n) is 2.77. The Hall–Kier alpha value is -2.20. The first-order valence-corrected chi connectivity index (χ1v) is 8.28. The number of nitrogens with one attached hydrogen (secondary N) is 1. The second-order valence-corrected chi connectivity index (χ2v) is 7.00. The fourth-order valence-corrected chi connectivity index (χ4v) is 3.88. The molecule has 118 valence electrons. The van der Waals surface area contributed by atoms with Crippen LogP contribution in [0.5, 0.6) is 0 Å². The molecule has 8 nitrogen and oxygen atoms in total. The number of esters is 1. The Morgan fingerprint density at radius 1 is 1.36 bits per heavy atom. The molecule has 10 heteroatoms. The SMILES string of the molecule is COC(=O)c1ncsc1S(=O)(=O)NC(=O)c1c(C)coc1C. The first-order chi connectivity index (χ1) is 10.3. The van der Waals surface area contributed by atoms with E-state index in [4.69, 9.17) is 4.42 Å². The van der Waals surface area contributed by atoms with Crippen molar-refractivity contribution in [1.29, 1.82) is 0 Å². The summed E-state index contributed by atoms with van der Waals surface area (Å²) >= 11 is 0.710. The number of aromatic nitrogens is 1. The lowest BCUT2D eigenvalue weighted by Gasteiger charge is -2.06. The van der Waals surface area contributed by atoms with E-state index in [9.17, 15) is 18.0 Å². The third-order valence-corrected chi connectivity index (χ3v) is 5.47. The van der Waals surface area contributed by atoms with E-state index in [1.165, 1.54) is 11.8 Å². The van der Waals surface area contributed by atoms with Gasteiger partial charge in [0.15, 0.2) is 9.90 Å². The average molecular weight is 344 g/mol. The monoisotopic (exact) mass is 344 g/mol. The highest BCUT2D eigenvalue weighted by molar-refractivity contribution is 7.92. The van der Waals surface area contributed by atoms with Crippen molar-refractivity contribution in [2.45, 2.75) is 18.1 Å². The number of sulfonamides is 1. The zero-order chi connectivity index (χ0) is 16.5. The lowest BCUT2D eigenvalue weighted by Crippen LogP contribution is -2.31. The highest BCUT2D eigenvalue weighted by Gasteiger charge is 2.29. The number of carbonyl (C=O) groups excluding carboxylic acids is 2. The Morgan fingerprint density at radius 2 is 2.05 bits per heavy atom. The number of methoxy groups -OCH3 is 1. The van der Waals surface area contributed by atoms with Crippen LogP contribution in [0.25, 0.3) is 0 Å². The number of thiazole rings is 1. The molecular weight excluding hydrogens is 332 g/mol. The zero-order valence-corrected chi connectivity index (χ0v) is 13.5. The van der Waals surface area contributed by atoms with Gasteiger partial charge in [0, 0.05) is 5.56 Å². The molecule has 0 spiro atoms. The molecule has 2 aromatic heterocycles. The predicted octanol–water partition coefficient (Wildman–Crippen LogP) is 1.26. The number of nitrogens with zero attached hydrogens (tertiary/aromatic N) is 1. The maximum absolute atomic E-state index is 12.3. The summed E-state index contributed by atoms with van der Waals surface area (Å²) in [4.78, 5) is 27.3. The van der Waals surface area contributed by atoms with E-state index in [1.807, 2.05) is 4.72 Å². The molecule has 2 heterocycles. The molecule has 0 aromatic carbocycles. The van der Waals surface area contributed by atoms with E-state index in [-0.39, 0.29) is 15.5 Å². The third kappa shape index (κ3) is 2.88. The van der Waals surface area contributed by atoms with Crippen molar-refractivity contribution < 1.29 is 27.2 Å². The lowest BCUT2D eigenvalue weighted by atomic mass is 10.2. The van der Waals surface area contributed by atoms with Crippen LogP contribution >= 0.6 is 11.3 Å². The standard InChI is InChI=1S/C12H12N2O6S2/c1-6-4-20-7(2)8(6)10(15)14-22(17,18)12-9(11(16)19-3)13-5-21-12/h4-5H,1-3H3,(H,14,15). The van der Waals surface area contributed by atoms with E-state index in [0.717, 1.165) is 7.11 Å². The number of carbonyl (C=O) groups is 2. The van der Waals surface area contributed by atoms with Gasteiger partial charge in [-0.2, -0.15) is 0 Å². The van der Waals surface area contributed by atoms with Crippen LogP contribution in [0.4, 0.5) is 0 Å². The molecule has 0 radical (unpaired) electrons. The second-order valence-electron chi connectivity index (χ2n) is 4.26. The van der Waals surface area contributed by atoms with Crippen molar-refractivity contribution in [2.24, 2.45) is 0 Å². The highest BCUT2D eigenvalue weighted by Crippen LogP contribution is 2.22. The number of amides is 1. The summed E-state index contributed by atoms with van der Waals surface area (Å²) in [5.74, 6) is -1.44. The van der Waals surface area contributed by atoms with E-state index >= 15 is 0 Å². The van der Waals surface area contributed by atoms with Gasteiger partial charge in [0.1, 0.15) is 5.76 Å². The van der Waals surface area contributed by atoms with Crippen LogP contribution in [0.1, 0.15) is 32.2 Å². The normalized spacial score (nSPS) is 11.2. The van der Waals surface area contributed by atoms with Gasteiger partial charge in [-0.15, -0.1) is 11.3 Å². The molecule has 2 rings (SSSR count). The fraction of sp³-hybridized carbons (Fsp3) is 0.250. The van der Waals surface area contributed by atoms with Gasteiger partial charge >= 0.3 is 5.97 Å². The van der Waals surface area contributed by atoms with Gasteiger partial charge in [-0.1, -0.05) is 0 Å². The fourth-order valence-electron chi connectivity index (χ4n) is 1.79. The van der Waals surface area contributed by atoms with Crippen molar-refractivity contribution >= 4 is 33.2 Å². The maximum Gasteiger partial charge on any atom is 0.358 e.